The molecule has 24 heavy (non-hydrogen) atoms. The molecule has 3 rings (SSSR count). The maximum atomic E-state index is 12.6. The molecule has 1 aromatic rings. The molecule has 2 amide bonds. The van der Waals surface area contributed by atoms with Crippen LogP contribution in [0, 0.1) is 0 Å². The Morgan fingerprint density at radius 1 is 1.12 bits per heavy atom. The minimum Gasteiger partial charge on any atom is -0.454 e. The Hall–Kier alpha value is -2.12. The second-order valence-electron chi connectivity index (χ2n) is 5.17. The summed E-state index contributed by atoms with van der Waals surface area (Å²) in [5, 5.41) is 0.593. The minimum absolute atomic E-state index is 0.0214. The number of rotatable bonds is 3. The zero-order chi connectivity index (χ0) is 17.4. The molecule has 0 aliphatic carbocycles. The topological polar surface area (TPSA) is 59.1 Å². The van der Waals surface area contributed by atoms with Crippen LogP contribution in [0.3, 0.4) is 0 Å². The highest BCUT2D eigenvalue weighted by Crippen LogP contribution is 2.38. The van der Waals surface area contributed by atoms with Crippen molar-refractivity contribution in [3.05, 3.63) is 28.3 Å². The Morgan fingerprint density at radius 2 is 1.67 bits per heavy atom. The molecule has 2 heterocycles. The van der Waals surface area contributed by atoms with E-state index in [0.717, 1.165) is 0 Å². The van der Waals surface area contributed by atoms with Gasteiger partial charge in [0.1, 0.15) is 5.57 Å². The summed E-state index contributed by atoms with van der Waals surface area (Å²) < 4.78 is 10.6. The number of nitrogens with zero attached hydrogens (tertiary/aromatic N) is 2. The summed E-state index contributed by atoms with van der Waals surface area (Å²) in [5.41, 5.74) is 0.533. The molecule has 126 valence electrons. The fourth-order valence-electron chi connectivity index (χ4n) is 2.58. The highest BCUT2D eigenvalue weighted by molar-refractivity contribution is 7.80. The predicted molar refractivity (Wildman–Crippen MR) is 92.9 cm³/mol. The highest BCUT2D eigenvalue weighted by atomic mass is 35.5. The average molecular weight is 367 g/mol. The predicted octanol–water partition coefficient (Wildman–Crippen LogP) is 2.45. The number of hydrogen-bond donors (Lipinski definition) is 0. The molecule has 2 aliphatic heterocycles. The quantitative estimate of drug-likeness (QED) is 0.467. The first-order valence-electron chi connectivity index (χ1n) is 7.46. The molecule has 1 saturated heterocycles. The first-order valence-corrected chi connectivity index (χ1v) is 8.25. The third-order valence-corrected chi connectivity index (χ3v) is 4.61. The second kappa shape index (κ2) is 6.41. The Bertz CT molecular complexity index is 750. The summed E-state index contributed by atoms with van der Waals surface area (Å²) >= 11 is 11.5. The largest absolute Gasteiger partial charge is 0.454 e. The number of carbonyl (C=O) groups is 2. The van der Waals surface area contributed by atoms with Gasteiger partial charge in [0.2, 0.25) is 6.79 Å². The van der Waals surface area contributed by atoms with E-state index >= 15 is 0 Å². The van der Waals surface area contributed by atoms with Crippen LogP contribution in [0.1, 0.15) is 19.4 Å². The van der Waals surface area contributed by atoms with E-state index in [0.29, 0.717) is 35.2 Å². The molecular formula is C16H15ClN2O4S. The van der Waals surface area contributed by atoms with Gasteiger partial charge in [-0.3, -0.25) is 19.4 Å². The number of amides is 2. The van der Waals surface area contributed by atoms with Crippen LogP contribution in [-0.4, -0.2) is 46.6 Å². The molecule has 1 aromatic carbocycles. The van der Waals surface area contributed by atoms with Crippen molar-refractivity contribution in [2.75, 3.05) is 19.9 Å². The molecule has 8 heteroatoms. The number of likely N-dealkylation sites (N-methyl/N-ethyl adjacent to an activating group) is 2. The third-order valence-electron chi connectivity index (χ3n) is 3.84. The van der Waals surface area contributed by atoms with Gasteiger partial charge in [0.15, 0.2) is 16.6 Å². The molecule has 6 nitrogen and oxygen atoms in total. The number of carbonyl (C=O) groups excluding carboxylic acids is 2. The molecule has 1 fully saturated rings. The van der Waals surface area contributed by atoms with Crippen molar-refractivity contribution >= 4 is 46.8 Å². The van der Waals surface area contributed by atoms with Gasteiger partial charge >= 0.3 is 0 Å². The summed E-state index contributed by atoms with van der Waals surface area (Å²) in [6.45, 7) is 4.49. The molecule has 0 radical (unpaired) electrons. The summed E-state index contributed by atoms with van der Waals surface area (Å²) in [6.07, 6.45) is 1.47. The summed E-state index contributed by atoms with van der Waals surface area (Å²) in [4.78, 5) is 28.0. The molecular weight excluding hydrogens is 352 g/mol. The van der Waals surface area contributed by atoms with Crippen LogP contribution < -0.4 is 9.47 Å². The smallest absolute Gasteiger partial charge is 0.265 e. The second-order valence-corrected chi connectivity index (χ2v) is 5.94. The molecule has 0 spiro atoms. The zero-order valence-electron chi connectivity index (χ0n) is 13.2. The van der Waals surface area contributed by atoms with Crippen LogP contribution in [0.5, 0.6) is 11.5 Å². The molecule has 0 atom stereocenters. The van der Waals surface area contributed by atoms with Crippen LogP contribution in [0.25, 0.3) is 6.08 Å². The van der Waals surface area contributed by atoms with E-state index in [-0.39, 0.29) is 17.5 Å². The van der Waals surface area contributed by atoms with Gasteiger partial charge in [-0.2, -0.15) is 0 Å². The lowest BCUT2D eigenvalue weighted by Crippen LogP contribution is -2.55. The van der Waals surface area contributed by atoms with E-state index < -0.39 is 11.8 Å². The van der Waals surface area contributed by atoms with Gasteiger partial charge in [-0.15, -0.1) is 0 Å². The summed E-state index contributed by atoms with van der Waals surface area (Å²) in [5.74, 6) is 0.212. The number of fused-ring (bicyclic) bond motifs is 1. The van der Waals surface area contributed by atoms with Gasteiger partial charge in [-0.25, -0.2) is 0 Å². The van der Waals surface area contributed by atoms with Crippen LogP contribution >= 0.6 is 23.8 Å². The van der Waals surface area contributed by atoms with Crippen LogP contribution in [0.4, 0.5) is 0 Å². The number of ether oxygens (including phenoxy) is 2. The van der Waals surface area contributed by atoms with Gasteiger partial charge in [0.05, 0.1) is 5.02 Å². The Labute approximate surface area is 149 Å². The zero-order valence-corrected chi connectivity index (χ0v) is 14.7. The summed E-state index contributed by atoms with van der Waals surface area (Å²) in [6, 6.07) is 3.26. The van der Waals surface area contributed by atoms with E-state index in [1.165, 1.54) is 15.9 Å². The molecule has 0 bridgehead atoms. The minimum atomic E-state index is -0.425. The monoisotopic (exact) mass is 366 g/mol. The normalized spacial score (nSPS) is 17.0. The first kappa shape index (κ1) is 16.7. The van der Waals surface area contributed by atoms with E-state index in [1.807, 2.05) is 0 Å². The first-order chi connectivity index (χ1) is 11.5. The Morgan fingerprint density at radius 3 is 2.21 bits per heavy atom. The number of halogens is 1. The van der Waals surface area contributed by atoms with Gasteiger partial charge in [-0.05, 0) is 43.8 Å². The molecule has 0 N–H and O–H groups in total. The lowest BCUT2D eigenvalue weighted by molar-refractivity contribution is -0.133. The molecule has 0 unspecified atom stereocenters. The van der Waals surface area contributed by atoms with Crippen LogP contribution in [0.15, 0.2) is 17.7 Å². The van der Waals surface area contributed by atoms with Crippen LogP contribution in [0.2, 0.25) is 5.02 Å². The van der Waals surface area contributed by atoms with Crippen LogP contribution in [-0.2, 0) is 9.59 Å². The maximum Gasteiger partial charge on any atom is 0.265 e. The van der Waals surface area contributed by atoms with E-state index in [9.17, 15) is 9.59 Å². The van der Waals surface area contributed by atoms with E-state index in [1.54, 1.807) is 26.0 Å². The fourth-order valence-corrected chi connectivity index (χ4v) is 3.21. The number of thiocarbonyl (C=S) groups is 1. The fraction of sp³-hybridized carbons (Fsp3) is 0.312. The Balaban J connectivity index is 2.06. The molecule has 0 aromatic heterocycles. The van der Waals surface area contributed by atoms with Crippen molar-refractivity contribution in [3.8, 4) is 11.5 Å². The van der Waals surface area contributed by atoms with Crippen molar-refractivity contribution < 1.29 is 19.1 Å². The average Bonchev–Trinajstić information content (AvgIpc) is 2.99. The number of benzene rings is 1. The maximum absolute atomic E-state index is 12.6. The van der Waals surface area contributed by atoms with Gasteiger partial charge in [0, 0.05) is 19.2 Å². The molecule has 0 saturated carbocycles. The SMILES string of the molecule is CCN1C(=O)C(=Cc2cc3c(cc2Cl)OCO3)C(=O)N(CC)C1=S. The third kappa shape index (κ3) is 2.63. The van der Waals surface area contributed by atoms with Gasteiger partial charge in [0.25, 0.3) is 11.8 Å². The molecule has 2 aliphatic rings. The van der Waals surface area contributed by atoms with Crippen molar-refractivity contribution in [1.29, 1.82) is 0 Å². The van der Waals surface area contributed by atoms with Gasteiger partial charge in [-0.1, -0.05) is 11.6 Å². The Kier molecular flexibility index (Phi) is 4.47. The van der Waals surface area contributed by atoms with E-state index in [4.69, 9.17) is 33.3 Å². The van der Waals surface area contributed by atoms with Crippen molar-refractivity contribution in [1.82, 2.24) is 9.80 Å². The lowest BCUT2D eigenvalue weighted by atomic mass is 10.1. The summed E-state index contributed by atoms with van der Waals surface area (Å²) in [7, 11) is 0. The van der Waals surface area contributed by atoms with Crippen molar-refractivity contribution in [3.63, 3.8) is 0 Å². The van der Waals surface area contributed by atoms with Crippen molar-refractivity contribution in [2.45, 2.75) is 13.8 Å². The van der Waals surface area contributed by atoms with E-state index in [2.05, 4.69) is 0 Å². The lowest BCUT2D eigenvalue weighted by Gasteiger charge is -2.35. The van der Waals surface area contributed by atoms with Gasteiger partial charge < -0.3 is 9.47 Å². The van der Waals surface area contributed by atoms with Crippen molar-refractivity contribution in [2.24, 2.45) is 0 Å². The number of hydrogen-bond acceptors (Lipinski definition) is 5. The standard InChI is InChI=1S/C16H15ClN2O4S/c1-3-18-14(20)10(15(21)19(4-2)16(18)24)5-9-6-12-13(7-11(9)17)23-8-22-12/h5-7H,3-4,8H2,1-2H3. The highest BCUT2D eigenvalue weighted by Gasteiger charge is 2.38.